The van der Waals surface area contributed by atoms with Gasteiger partial charge in [-0.3, -0.25) is 4.39 Å². The van der Waals surface area contributed by atoms with Crippen molar-refractivity contribution in [3.63, 3.8) is 0 Å². The van der Waals surface area contributed by atoms with E-state index in [1.165, 1.54) is 18.2 Å². The molecule has 0 aromatic heterocycles. The predicted molar refractivity (Wildman–Crippen MR) is 39.9 cm³/mol. The van der Waals surface area contributed by atoms with E-state index in [-0.39, 0.29) is 24.4 Å². The molecule has 0 heterocycles. The molecule has 0 aliphatic heterocycles. The summed E-state index contributed by atoms with van der Waals surface area (Å²) in [6, 6.07) is 4.95. The van der Waals surface area contributed by atoms with E-state index in [2.05, 4.69) is 6.07 Å². The van der Waals surface area contributed by atoms with Gasteiger partial charge in [0.2, 0.25) is 0 Å². The number of allylic oxidation sites excluding steroid dienone is 1. The Bertz CT molecular complexity index is 282. The van der Waals surface area contributed by atoms with Crippen molar-refractivity contribution in [2.75, 3.05) is 0 Å². The second-order valence-corrected chi connectivity index (χ2v) is 2.06. The minimum absolute atomic E-state index is 0. The van der Waals surface area contributed by atoms with Crippen molar-refractivity contribution in [3.05, 3.63) is 41.5 Å². The third-order valence-electron chi connectivity index (χ3n) is 1.27. The van der Waals surface area contributed by atoms with Crippen LogP contribution in [0.2, 0.25) is 0 Å². The van der Waals surface area contributed by atoms with E-state index in [9.17, 15) is 8.78 Å². The van der Waals surface area contributed by atoms with E-state index in [4.69, 9.17) is 0 Å². The summed E-state index contributed by atoms with van der Waals surface area (Å²) in [5, 5.41) is 0. The summed E-state index contributed by atoms with van der Waals surface area (Å²) in [6.07, 6.45) is 3.16. The summed E-state index contributed by atoms with van der Waals surface area (Å²) in [5.74, 6) is -1.77. The van der Waals surface area contributed by atoms with Crippen LogP contribution in [0, 0.1) is 17.7 Å². The van der Waals surface area contributed by atoms with Gasteiger partial charge < -0.3 is 0 Å². The van der Waals surface area contributed by atoms with Crippen molar-refractivity contribution in [1.29, 1.82) is 0 Å². The molecular weight excluding hydrogens is 153 g/mol. The summed E-state index contributed by atoms with van der Waals surface area (Å²) >= 11 is 0. The van der Waals surface area contributed by atoms with Gasteiger partial charge in [0.25, 0.3) is 0 Å². The van der Waals surface area contributed by atoms with Crippen molar-refractivity contribution in [1.82, 2.24) is 0 Å². The van der Waals surface area contributed by atoms with Gasteiger partial charge >= 0.3 is 18.9 Å². The van der Waals surface area contributed by atoms with Crippen molar-refractivity contribution in [3.8, 4) is 0 Å². The van der Waals surface area contributed by atoms with Gasteiger partial charge in [-0.2, -0.15) is 12.1 Å². The van der Waals surface area contributed by atoms with Gasteiger partial charge in [0.1, 0.15) is 0 Å². The van der Waals surface area contributed by atoms with E-state index in [1.807, 2.05) is 0 Å². The molecule has 0 unspecified atom stereocenters. The molecule has 1 aromatic carbocycles. The van der Waals surface area contributed by atoms with Crippen LogP contribution in [0.3, 0.4) is 0 Å². The van der Waals surface area contributed by atoms with Gasteiger partial charge in [0.05, 0.1) is 5.82 Å². The van der Waals surface area contributed by atoms with Gasteiger partial charge in [-0.05, 0) is 6.92 Å². The summed E-state index contributed by atoms with van der Waals surface area (Å²) in [5.41, 5.74) is 0.253. The average Bonchev–Trinajstić information content (AvgIpc) is 1.99. The fraction of sp³-hybridized carbons (Fsp3) is 0.111. The van der Waals surface area contributed by atoms with E-state index >= 15 is 0 Å². The Balaban J connectivity index is 0.00000121. The maximum absolute atomic E-state index is 12.7. The van der Waals surface area contributed by atoms with Crippen LogP contribution in [0.5, 0.6) is 0 Å². The summed E-state index contributed by atoms with van der Waals surface area (Å²) < 4.78 is 25.2. The molecule has 0 N–H and O–H groups in total. The second kappa shape index (κ2) is 5.13. The molecule has 0 nitrogen and oxygen atoms in total. The van der Waals surface area contributed by atoms with Gasteiger partial charge in [0.15, 0.2) is 0 Å². The topological polar surface area (TPSA) is 0 Å². The maximum atomic E-state index is 12.7. The monoisotopic (exact) mass is 160 g/mol. The molecule has 0 bridgehead atoms. The molecule has 1 aromatic rings. The average molecular weight is 160 g/mol. The molecule has 0 aliphatic carbocycles. The first-order valence-electron chi connectivity index (χ1n) is 3.24. The Morgan fingerprint density at radius 1 is 1.42 bits per heavy atom. The van der Waals surface area contributed by atoms with Crippen LogP contribution in [0.25, 0.3) is 6.08 Å². The largest absolute Gasteiger partial charge is 1.00 e. The first-order chi connectivity index (χ1) is 5.25. The predicted octanol–water partition coefficient (Wildman–Crippen LogP) is -0.198. The zero-order valence-corrected chi connectivity index (χ0v) is 7.07. The van der Waals surface area contributed by atoms with E-state index < -0.39 is 11.6 Å². The Morgan fingerprint density at radius 2 is 2.08 bits per heavy atom. The van der Waals surface area contributed by atoms with E-state index in [0.717, 1.165) is 0 Å². The zero-order chi connectivity index (χ0) is 8.27. The van der Waals surface area contributed by atoms with Gasteiger partial charge in [-0.1, -0.05) is 17.7 Å². The third-order valence-corrected chi connectivity index (χ3v) is 1.27. The number of benzene rings is 1. The Kier molecular flexibility index (Phi) is 4.88. The summed E-state index contributed by atoms with van der Waals surface area (Å²) in [4.78, 5) is 0. The molecule has 0 saturated heterocycles. The fourth-order valence-electron chi connectivity index (χ4n) is 0.776. The minimum Gasteiger partial charge on any atom is -0.281 e. The van der Waals surface area contributed by atoms with Gasteiger partial charge in [-0.15, -0.1) is 6.07 Å². The quantitative estimate of drug-likeness (QED) is 0.394. The van der Waals surface area contributed by atoms with Crippen LogP contribution in [0.4, 0.5) is 8.78 Å². The smallest absolute Gasteiger partial charge is 0.281 e. The van der Waals surface area contributed by atoms with Crippen LogP contribution < -0.4 is 18.9 Å². The van der Waals surface area contributed by atoms with Gasteiger partial charge in [-0.25, -0.2) is 4.39 Å². The van der Waals surface area contributed by atoms with Crippen LogP contribution in [0.1, 0.15) is 12.5 Å². The molecule has 1 rings (SSSR count). The molecule has 0 radical (unpaired) electrons. The summed E-state index contributed by atoms with van der Waals surface area (Å²) in [7, 11) is 0. The molecule has 0 aliphatic rings. The van der Waals surface area contributed by atoms with Crippen molar-refractivity contribution < 1.29 is 27.6 Å². The fourth-order valence-corrected chi connectivity index (χ4v) is 0.776. The molecule has 3 heteroatoms. The van der Waals surface area contributed by atoms with Crippen LogP contribution in [0.15, 0.2) is 18.2 Å². The Labute approximate surface area is 82.5 Å². The summed E-state index contributed by atoms with van der Waals surface area (Å²) in [6.45, 7) is 1.74. The molecule has 58 valence electrons. The first kappa shape index (κ1) is 11.4. The third kappa shape index (κ3) is 2.48. The number of hydrogen-bond donors (Lipinski definition) is 0. The van der Waals surface area contributed by atoms with Crippen molar-refractivity contribution in [2.24, 2.45) is 0 Å². The normalized spacial score (nSPS) is 9.92. The number of rotatable bonds is 1. The molecular formula is C9H7F2Li. The molecule has 0 atom stereocenters. The van der Waals surface area contributed by atoms with E-state index in [1.54, 1.807) is 13.0 Å². The van der Waals surface area contributed by atoms with Gasteiger partial charge in [0, 0.05) is 5.82 Å². The number of hydrogen-bond acceptors (Lipinski definition) is 0. The molecule has 0 saturated carbocycles. The first-order valence-corrected chi connectivity index (χ1v) is 3.24. The van der Waals surface area contributed by atoms with Crippen molar-refractivity contribution >= 4 is 6.08 Å². The zero-order valence-electron chi connectivity index (χ0n) is 7.07. The number of halogens is 2. The Morgan fingerprint density at radius 3 is 2.67 bits per heavy atom. The minimum atomic E-state index is -0.930. The second-order valence-electron chi connectivity index (χ2n) is 2.06. The van der Waals surface area contributed by atoms with Crippen LogP contribution in [-0.4, -0.2) is 0 Å². The van der Waals surface area contributed by atoms with Crippen LogP contribution in [-0.2, 0) is 0 Å². The molecule has 0 amide bonds. The molecule has 0 spiro atoms. The molecule has 0 fully saturated rings. The standard InChI is InChI=1S/C9H7F2.Li/c1-2-4-7-5-3-6-8(10)9(7)11;/h2-5H,1H3;/q-1;+1. The molecule has 12 heavy (non-hydrogen) atoms. The maximum Gasteiger partial charge on any atom is 1.00 e. The SMILES string of the molecule is CC=Cc1cc[c-]c(F)c1F.[Li+]. The Hall–Kier alpha value is -0.583. The van der Waals surface area contributed by atoms with E-state index in [0.29, 0.717) is 0 Å². The van der Waals surface area contributed by atoms with Crippen molar-refractivity contribution in [2.45, 2.75) is 6.92 Å². The van der Waals surface area contributed by atoms with Crippen LogP contribution >= 0.6 is 0 Å².